The van der Waals surface area contributed by atoms with E-state index in [0.29, 0.717) is 6.42 Å². The fourth-order valence-corrected chi connectivity index (χ4v) is 3.14. The van der Waals surface area contributed by atoms with Gasteiger partial charge in [-0.25, -0.2) is 8.42 Å². The lowest BCUT2D eigenvalue weighted by Crippen LogP contribution is -2.39. The van der Waals surface area contributed by atoms with E-state index in [-0.39, 0.29) is 18.2 Å². The van der Waals surface area contributed by atoms with Crippen LogP contribution in [0.25, 0.3) is 0 Å². The maximum absolute atomic E-state index is 11.8. The van der Waals surface area contributed by atoms with Crippen LogP contribution in [0.3, 0.4) is 0 Å². The van der Waals surface area contributed by atoms with Crippen molar-refractivity contribution < 1.29 is 13.2 Å². The Labute approximate surface area is 118 Å². The summed E-state index contributed by atoms with van der Waals surface area (Å²) in [7, 11) is -3.23. The van der Waals surface area contributed by atoms with Crippen molar-refractivity contribution in [2.75, 3.05) is 12.3 Å². The summed E-state index contributed by atoms with van der Waals surface area (Å²) in [6, 6.07) is 0. The van der Waals surface area contributed by atoms with Gasteiger partial charge in [-0.1, -0.05) is 0 Å². The van der Waals surface area contributed by atoms with E-state index < -0.39 is 24.3 Å². The first-order valence-electron chi connectivity index (χ1n) is 5.72. The molecule has 1 aliphatic rings. The first kappa shape index (κ1) is 16.1. The van der Waals surface area contributed by atoms with Crippen LogP contribution in [0.4, 0.5) is 0 Å². The highest BCUT2D eigenvalue weighted by Crippen LogP contribution is 2.63. The number of hydrogen-bond acceptors (Lipinski definition) is 3. The van der Waals surface area contributed by atoms with Crippen molar-refractivity contribution >= 4 is 38.9 Å². The molecule has 1 aliphatic carbocycles. The fourth-order valence-electron chi connectivity index (χ4n) is 1.45. The highest BCUT2D eigenvalue weighted by Gasteiger charge is 2.67. The molecule has 0 heterocycles. The van der Waals surface area contributed by atoms with E-state index in [1.54, 1.807) is 27.7 Å². The molecular formula is C11H19Cl2NO3S. The largest absolute Gasteiger partial charge is 0.355 e. The third-order valence-corrected chi connectivity index (χ3v) is 7.06. The lowest BCUT2D eigenvalue weighted by Gasteiger charge is -2.19. The average Bonchev–Trinajstić information content (AvgIpc) is 2.65. The molecule has 1 saturated carbocycles. The number of hydrogen-bond donors (Lipinski definition) is 1. The smallest absolute Gasteiger partial charge is 0.229 e. The van der Waals surface area contributed by atoms with Crippen molar-refractivity contribution in [1.82, 2.24) is 5.32 Å². The lowest BCUT2D eigenvalue weighted by atomic mass is 10.1. The molecule has 0 spiro atoms. The van der Waals surface area contributed by atoms with E-state index in [1.807, 2.05) is 0 Å². The number of amides is 1. The maximum atomic E-state index is 11.8. The molecule has 1 fully saturated rings. The Hall–Kier alpha value is -0.000000000000000111. The zero-order valence-electron chi connectivity index (χ0n) is 11.0. The first-order chi connectivity index (χ1) is 7.83. The molecule has 0 aromatic carbocycles. The molecule has 0 aromatic rings. The van der Waals surface area contributed by atoms with Gasteiger partial charge in [0.2, 0.25) is 5.91 Å². The van der Waals surface area contributed by atoms with Crippen LogP contribution in [0.15, 0.2) is 0 Å². The van der Waals surface area contributed by atoms with Gasteiger partial charge in [-0.05, 0) is 34.1 Å². The number of sulfone groups is 1. The van der Waals surface area contributed by atoms with E-state index in [0.717, 1.165) is 0 Å². The standard InChI is InChI=1S/C11H19Cl2NO3S/c1-9(2,3)18(16,17)6-5-14-8(15)10(4)7-11(10,12)13/h5-7H2,1-4H3,(H,14,15)/t10-/m1/s1. The van der Waals surface area contributed by atoms with Gasteiger partial charge in [-0.2, -0.15) is 0 Å². The van der Waals surface area contributed by atoms with Gasteiger partial charge in [0.25, 0.3) is 0 Å². The number of carbonyl (C=O) groups excluding carboxylic acids is 1. The van der Waals surface area contributed by atoms with Gasteiger partial charge in [0.1, 0.15) is 4.33 Å². The Balaban J connectivity index is 2.48. The van der Waals surface area contributed by atoms with Crippen LogP contribution in [0.1, 0.15) is 34.1 Å². The van der Waals surface area contributed by atoms with Gasteiger partial charge >= 0.3 is 0 Å². The molecule has 1 atom stereocenters. The van der Waals surface area contributed by atoms with Crippen LogP contribution >= 0.6 is 23.2 Å². The van der Waals surface area contributed by atoms with Gasteiger partial charge in [0.15, 0.2) is 9.84 Å². The number of nitrogens with one attached hydrogen (secondary N) is 1. The Morgan fingerprint density at radius 3 is 2.11 bits per heavy atom. The molecule has 7 heteroatoms. The molecule has 1 rings (SSSR count). The van der Waals surface area contributed by atoms with E-state index in [1.165, 1.54) is 0 Å². The van der Waals surface area contributed by atoms with Crippen LogP contribution in [-0.2, 0) is 14.6 Å². The number of halogens is 2. The second-order valence-corrected chi connectivity index (χ2v) is 10.2. The van der Waals surface area contributed by atoms with E-state index in [2.05, 4.69) is 5.32 Å². The molecular weight excluding hydrogens is 297 g/mol. The van der Waals surface area contributed by atoms with Gasteiger partial charge in [0.05, 0.1) is 15.9 Å². The number of rotatable bonds is 4. The zero-order chi connectivity index (χ0) is 14.4. The molecule has 0 aromatic heterocycles. The summed E-state index contributed by atoms with van der Waals surface area (Å²) >= 11 is 11.7. The van der Waals surface area contributed by atoms with Crippen LogP contribution in [0.5, 0.6) is 0 Å². The van der Waals surface area contributed by atoms with Crippen molar-refractivity contribution in [3.05, 3.63) is 0 Å². The molecule has 1 N–H and O–H groups in total. The van der Waals surface area contributed by atoms with Gasteiger partial charge in [0, 0.05) is 6.54 Å². The summed E-state index contributed by atoms with van der Waals surface area (Å²) in [6.45, 7) is 6.65. The number of carbonyl (C=O) groups is 1. The highest BCUT2D eigenvalue weighted by molar-refractivity contribution is 7.92. The summed E-state index contributed by atoms with van der Waals surface area (Å²) in [6.07, 6.45) is 0.390. The van der Waals surface area contributed by atoms with Crippen molar-refractivity contribution in [2.45, 2.75) is 43.2 Å². The molecule has 0 saturated heterocycles. The normalized spacial score (nSPS) is 26.8. The van der Waals surface area contributed by atoms with Crippen molar-refractivity contribution in [1.29, 1.82) is 0 Å². The van der Waals surface area contributed by atoms with Crippen molar-refractivity contribution in [2.24, 2.45) is 5.41 Å². The minimum atomic E-state index is -3.23. The quantitative estimate of drug-likeness (QED) is 0.806. The van der Waals surface area contributed by atoms with Crippen LogP contribution in [0.2, 0.25) is 0 Å². The van der Waals surface area contributed by atoms with Crippen molar-refractivity contribution in [3.8, 4) is 0 Å². The number of alkyl halides is 2. The Morgan fingerprint density at radius 1 is 1.33 bits per heavy atom. The second kappa shape index (κ2) is 4.53. The molecule has 4 nitrogen and oxygen atoms in total. The Kier molecular flexibility index (Phi) is 4.04. The fraction of sp³-hybridized carbons (Fsp3) is 0.909. The van der Waals surface area contributed by atoms with Crippen LogP contribution in [-0.4, -0.2) is 35.7 Å². The summed E-state index contributed by atoms with van der Waals surface area (Å²) in [5, 5.41) is 2.58. The predicted octanol–water partition coefficient (Wildman–Crippen LogP) is 1.90. The molecule has 0 bridgehead atoms. The average molecular weight is 316 g/mol. The maximum Gasteiger partial charge on any atom is 0.229 e. The van der Waals surface area contributed by atoms with E-state index >= 15 is 0 Å². The third kappa shape index (κ3) is 2.94. The van der Waals surface area contributed by atoms with Gasteiger partial charge < -0.3 is 5.32 Å². The van der Waals surface area contributed by atoms with Crippen molar-refractivity contribution in [3.63, 3.8) is 0 Å². The summed E-state index contributed by atoms with van der Waals surface area (Å²) < 4.78 is 21.8. The summed E-state index contributed by atoms with van der Waals surface area (Å²) in [4.78, 5) is 11.8. The molecule has 0 aliphatic heterocycles. The third-order valence-electron chi connectivity index (χ3n) is 3.35. The highest BCUT2D eigenvalue weighted by atomic mass is 35.5. The van der Waals surface area contributed by atoms with Crippen LogP contribution in [0, 0.1) is 5.41 Å². The lowest BCUT2D eigenvalue weighted by molar-refractivity contribution is -0.125. The molecule has 1 amide bonds. The van der Waals surface area contributed by atoms with E-state index in [9.17, 15) is 13.2 Å². The predicted molar refractivity (Wildman–Crippen MR) is 73.7 cm³/mol. The van der Waals surface area contributed by atoms with E-state index in [4.69, 9.17) is 23.2 Å². The zero-order valence-corrected chi connectivity index (χ0v) is 13.3. The summed E-state index contributed by atoms with van der Waals surface area (Å²) in [5.74, 6) is -0.382. The Morgan fingerprint density at radius 2 is 1.78 bits per heavy atom. The second-order valence-electron chi connectivity index (χ2n) is 5.90. The van der Waals surface area contributed by atoms with Gasteiger partial charge in [-0.3, -0.25) is 4.79 Å². The SMILES string of the molecule is CC(C)(C)S(=O)(=O)CCNC(=O)[C@@]1(C)CC1(Cl)Cl. The monoisotopic (exact) mass is 315 g/mol. The Bertz CT molecular complexity index is 453. The minimum absolute atomic E-state index is 0.0812. The molecule has 106 valence electrons. The first-order valence-corrected chi connectivity index (χ1v) is 8.13. The summed E-state index contributed by atoms with van der Waals surface area (Å²) in [5.41, 5.74) is -0.804. The van der Waals surface area contributed by atoms with Crippen LogP contribution < -0.4 is 5.32 Å². The minimum Gasteiger partial charge on any atom is -0.355 e. The van der Waals surface area contributed by atoms with Gasteiger partial charge in [-0.15, -0.1) is 23.2 Å². The topological polar surface area (TPSA) is 63.2 Å². The molecule has 0 unspecified atom stereocenters. The molecule has 0 radical (unpaired) electrons. The molecule has 18 heavy (non-hydrogen) atoms.